The molecule has 0 radical (unpaired) electrons. The molecule has 0 aliphatic rings. The molecule has 536 valence electrons. The van der Waals surface area contributed by atoms with Crippen molar-refractivity contribution in [3.63, 3.8) is 0 Å². The monoisotopic (exact) mass is 1570 g/mol. The van der Waals surface area contributed by atoms with Crippen molar-refractivity contribution in [2.75, 3.05) is 53.4 Å². The summed E-state index contributed by atoms with van der Waals surface area (Å²) in [6.07, 6.45) is 3.37. The Bertz CT molecular complexity index is 4730. The lowest BCUT2D eigenvalue weighted by atomic mass is 10.1. The first-order chi connectivity index (χ1) is 48.1. The number of benzene rings is 6. The molecule has 3 heterocycles. The van der Waals surface area contributed by atoms with Gasteiger partial charge in [0, 0.05) is 68.6 Å². The van der Waals surface area contributed by atoms with Gasteiger partial charge in [-0.3, -0.25) is 28.5 Å². The van der Waals surface area contributed by atoms with Crippen LogP contribution < -0.4 is 44.3 Å². The number of nitrogens with zero attached hydrogens (tertiary/aromatic N) is 4. The third-order valence-corrected chi connectivity index (χ3v) is 19.9. The highest BCUT2D eigenvalue weighted by Gasteiger charge is 2.27. The molecule has 9 N–H and O–H groups in total. The molecule has 0 amide bonds. The molecule has 0 saturated carbocycles. The Balaban J connectivity index is 0.000000213. The highest BCUT2D eigenvalue weighted by Crippen LogP contribution is 2.37. The summed E-state index contributed by atoms with van der Waals surface area (Å²) in [7, 11) is -12.7. The third-order valence-electron chi connectivity index (χ3n) is 13.4. The number of nitriles is 1. The minimum absolute atomic E-state index is 0.00137. The van der Waals surface area contributed by atoms with Gasteiger partial charge in [0.2, 0.25) is 0 Å². The van der Waals surface area contributed by atoms with Gasteiger partial charge in [-0.15, -0.1) is 34.0 Å². The standard InChI is InChI=1S/C22H21ClN4O5S2.C21H20ClF2N3O5S2.C20H18ClF2N3O5S2/c23-17-3-5-19(15(10-17)2-1-8-25-9-7-22(28)29)32-20-6-4-18(11-16(20)12-24)34(30,31)27-21-13-33-14-26-21;22-14-3-4-17(13(8-14)2-1-6-25-7-5-21(28)29)32-18-9-16(24)19(10-15(18)23)34(30,31)27-20-11-33-12-26-20;21-13-3-4-16(12(6-13)2-1-5-24-9-20(27)28)31-17-7-15(23)18(8-14(17)22)33(29,30)26-19-10-32-11-25-19/h3-6,10-11,13-14,25,27H,1-2,7-9H2,(H,28,29);3-4,8-12,25,27H,1-2,5-7H2,(H,28,29);3-4,6-8,10-11,24,26H,1-2,5,9H2,(H,27,28). The van der Waals surface area contributed by atoms with Gasteiger partial charge in [-0.2, -0.15) is 5.26 Å². The van der Waals surface area contributed by atoms with Gasteiger partial charge in [-0.25, -0.2) is 57.8 Å². The van der Waals surface area contributed by atoms with E-state index >= 15 is 0 Å². The zero-order valence-electron chi connectivity index (χ0n) is 52.2. The van der Waals surface area contributed by atoms with Gasteiger partial charge in [0.05, 0.1) is 46.4 Å². The molecule has 6 aromatic carbocycles. The largest absolute Gasteiger partial charge is 0.481 e. The van der Waals surface area contributed by atoms with Crippen LogP contribution in [0.2, 0.25) is 15.1 Å². The molecule has 101 heavy (non-hydrogen) atoms. The molecule has 3 aromatic heterocycles. The van der Waals surface area contributed by atoms with E-state index in [4.69, 9.17) is 64.3 Å². The van der Waals surface area contributed by atoms with Crippen LogP contribution in [0.5, 0.6) is 34.5 Å². The lowest BCUT2D eigenvalue weighted by molar-refractivity contribution is -0.137. The second kappa shape index (κ2) is 38.3. The number of aliphatic carboxylic acids is 3. The zero-order chi connectivity index (χ0) is 73.3. The minimum atomic E-state index is -4.41. The van der Waals surface area contributed by atoms with Crippen LogP contribution in [0.1, 0.15) is 54.4 Å². The number of halogens is 7. The van der Waals surface area contributed by atoms with Crippen molar-refractivity contribution in [2.24, 2.45) is 0 Å². The van der Waals surface area contributed by atoms with Crippen molar-refractivity contribution in [1.82, 2.24) is 30.9 Å². The van der Waals surface area contributed by atoms with Crippen LogP contribution >= 0.6 is 68.8 Å². The molecule has 0 unspecified atom stereocenters. The van der Waals surface area contributed by atoms with Crippen LogP contribution in [0.3, 0.4) is 0 Å². The van der Waals surface area contributed by atoms with Crippen molar-refractivity contribution >= 4 is 134 Å². The van der Waals surface area contributed by atoms with Gasteiger partial charge in [-0.1, -0.05) is 34.8 Å². The Hall–Kier alpha value is -8.77. The van der Waals surface area contributed by atoms with Crippen LogP contribution in [0.4, 0.5) is 35.0 Å². The summed E-state index contributed by atoms with van der Waals surface area (Å²) in [4.78, 5) is 41.2. The van der Waals surface area contributed by atoms with E-state index in [0.29, 0.717) is 127 Å². The summed E-state index contributed by atoms with van der Waals surface area (Å²) in [5.41, 5.74) is 6.34. The van der Waals surface area contributed by atoms with Crippen LogP contribution in [-0.2, 0) is 63.7 Å². The number of thiazole rings is 3. The molecule has 0 saturated heterocycles. The van der Waals surface area contributed by atoms with E-state index in [1.165, 1.54) is 81.1 Å². The molecular weight excluding hydrogens is 1510 g/mol. The fourth-order valence-corrected chi connectivity index (χ4v) is 14.2. The second-order valence-electron chi connectivity index (χ2n) is 20.9. The Labute approximate surface area is 603 Å². The topological polar surface area (TPSA) is 377 Å². The normalized spacial score (nSPS) is 11.3. The number of hydrogen-bond acceptors (Lipinski definition) is 22. The molecular formula is C63H59Cl3F4N10O15S6. The average Bonchev–Trinajstić information content (AvgIpc) is 1.43. The minimum Gasteiger partial charge on any atom is -0.481 e. The molecule has 9 rings (SSSR count). The summed E-state index contributed by atoms with van der Waals surface area (Å²) >= 11 is 21.7. The summed E-state index contributed by atoms with van der Waals surface area (Å²) in [6.45, 7) is 2.06. The smallest absolute Gasteiger partial charge is 0.317 e. The number of rotatable bonds is 35. The second-order valence-corrected chi connectivity index (χ2v) is 29.3. The first-order valence-corrected chi connectivity index (χ1v) is 37.9. The number of ether oxygens (including phenoxy) is 3. The van der Waals surface area contributed by atoms with E-state index in [-0.39, 0.29) is 64.5 Å². The van der Waals surface area contributed by atoms with Crippen LogP contribution in [-0.4, -0.2) is 113 Å². The maximum atomic E-state index is 14.7. The lowest BCUT2D eigenvalue weighted by Gasteiger charge is -2.14. The van der Waals surface area contributed by atoms with Crippen molar-refractivity contribution in [3.05, 3.63) is 190 Å². The van der Waals surface area contributed by atoms with Crippen molar-refractivity contribution < 1.29 is 86.7 Å². The van der Waals surface area contributed by atoms with Crippen LogP contribution in [0, 0.1) is 34.6 Å². The van der Waals surface area contributed by atoms with Crippen molar-refractivity contribution in [1.29, 1.82) is 5.26 Å². The van der Waals surface area contributed by atoms with E-state index in [9.17, 15) is 62.5 Å². The number of carboxylic acids is 3. The van der Waals surface area contributed by atoms with Gasteiger partial charge in [0.15, 0.2) is 40.6 Å². The number of aryl methyl sites for hydroxylation is 3. The van der Waals surface area contributed by atoms with Gasteiger partial charge in [0.25, 0.3) is 30.1 Å². The summed E-state index contributed by atoms with van der Waals surface area (Å²) in [5.74, 6) is -6.99. The Morgan fingerprint density at radius 3 is 1.18 bits per heavy atom. The van der Waals surface area contributed by atoms with E-state index in [1.807, 2.05) is 6.07 Å². The first kappa shape index (κ1) is 79.6. The maximum Gasteiger partial charge on any atom is 0.317 e. The average molecular weight is 1570 g/mol. The molecule has 0 atom stereocenters. The van der Waals surface area contributed by atoms with Gasteiger partial charge in [0.1, 0.15) is 50.5 Å². The van der Waals surface area contributed by atoms with Crippen LogP contribution in [0.15, 0.2) is 144 Å². The highest BCUT2D eigenvalue weighted by molar-refractivity contribution is 7.93. The van der Waals surface area contributed by atoms with Gasteiger partial charge in [-0.05, 0) is 148 Å². The van der Waals surface area contributed by atoms with Crippen molar-refractivity contribution in [2.45, 2.75) is 66.1 Å². The molecule has 0 fully saturated rings. The number of carboxylic acid groups (broad SMARTS) is 3. The fourth-order valence-electron chi connectivity index (χ4n) is 8.74. The van der Waals surface area contributed by atoms with Gasteiger partial charge >= 0.3 is 17.9 Å². The van der Waals surface area contributed by atoms with Crippen molar-refractivity contribution in [3.8, 4) is 40.6 Å². The Morgan fingerprint density at radius 1 is 0.455 bits per heavy atom. The van der Waals surface area contributed by atoms with Crippen LogP contribution in [0.25, 0.3) is 0 Å². The lowest BCUT2D eigenvalue weighted by Crippen LogP contribution is -2.23. The molecule has 0 aliphatic carbocycles. The zero-order valence-corrected chi connectivity index (χ0v) is 59.4. The van der Waals surface area contributed by atoms with Gasteiger partial charge < -0.3 is 45.5 Å². The Morgan fingerprint density at radius 2 is 0.822 bits per heavy atom. The Kier molecular flexibility index (Phi) is 30.2. The quantitative estimate of drug-likeness (QED) is 0.0132. The molecule has 0 spiro atoms. The maximum absolute atomic E-state index is 14.7. The molecule has 0 bridgehead atoms. The summed E-state index contributed by atoms with van der Waals surface area (Å²) in [6, 6.07) is 22.7. The van der Waals surface area contributed by atoms with E-state index < -0.39 is 92.5 Å². The first-order valence-electron chi connectivity index (χ1n) is 29.5. The molecule has 25 nitrogen and oxygen atoms in total. The number of nitrogens with one attached hydrogen (secondary N) is 6. The number of carbonyl (C=O) groups is 3. The SMILES string of the molecule is N#Cc1cc(S(=O)(=O)Nc2cscn2)ccc1Oc1ccc(Cl)cc1CCCNCCC(=O)O.O=C(O)CCNCCCc1cc(Cl)ccc1Oc1cc(F)c(S(=O)(=O)Nc2cscn2)cc1F.O=C(O)CNCCCc1cc(Cl)ccc1Oc1cc(F)c(S(=O)(=O)Nc2cscn2)cc1F. The number of hydrogen-bond donors (Lipinski definition) is 9. The number of anilines is 3. The predicted molar refractivity (Wildman–Crippen MR) is 373 cm³/mol. The fraction of sp³-hybridized carbons (Fsp3) is 0.222. The van der Waals surface area contributed by atoms with E-state index in [2.05, 4.69) is 45.1 Å². The van der Waals surface area contributed by atoms with E-state index in [0.717, 1.165) is 28.2 Å². The summed E-state index contributed by atoms with van der Waals surface area (Å²) < 4.78 is 157. The predicted octanol–water partition coefficient (Wildman–Crippen LogP) is 13.2. The number of aromatic nitrogens is 3. The highest BCUT2D eigenvalue weighted by atomic mass is 35.5. The third kappa shape index (κ3) is 25.4. The molecule has 0 aliphatic heterocycles. The molecule has 38 heteroatoms. The van der Waals surface area contributed by atoms with E-state index in [1.54, 1.807) is 35.7 Å². The molecule has 9 aromatic rings. The summed E-state index contributed by atoms with van der Waals surface area (Å²) in [5, 5.41) is 50.1. The number of sulfonamides is 3.